The second-order valence-electron chi connectivity index (χ2n) is 9.97. The highest BCUT2D eigenvalue weighted by Crippen LogP contribution is 2.49. The van der Waals surface area contributed by atoms with Gasteiger partial charge in [0.05, 0.1) is 18.0 Å². The van der Waals surface area contributed by atoms with Crippen molar-refractivity contribution in [2.75, 3.05) is 29.3 Å². The highest BCUT2D eigenvalue weighted by Gasteiger charge is 2.39. The number of sulfonamides is 1. The summed E-state index contributed by atoms with van der Waals surface area (Å²) in [5, 5.41) is 13.4. The molecule has 2 aliphatic carbocycles. The Morgan fingerprint density at radius 3 is 2.71 bits per heavy atom. The zero-order chi connectivity index (χ0) is 23.9. The van der Waals surface area contributed by atoms with Crippen molar-refractivity contribution >= 4 is 33.3 Å². The molecule has 1 aromatic heterocycles. The number of benzene rings is 1. The van der Waals surface area contributed by atoms with Gasteiger partial charge in [-0.1, -0.05) is 43.9 Å². The summed E-state index contributed by atoms with van der Waals surface area (Å²) in [6, 6.07) is 9.68. The van der Waals surface area contributed by atoms with Gasteiger partial charge in [0.25, 0.3) is 10.0 Å². The van der Waals surface area contributed by atoms with E-state index in [1.54, 1.807) is 24.3 Å². The summed E-state index contributed by atoms with van der Waals surface area (Å²) in [4.78, 5) is 4.70. The van der Waals surface area contributed by atoms with Gasteiger partial charge >= 0.3 is 0 Å². The number of aromatic nitrogens is 1. The fourth-order valence-corrected chi connectivity index (χ4v) is 7.62. The van der Waals surface area contributed by atoms with Crippen LogP contribution in [0.3, 0.4) is 0 Å². The second kappa shape index (κ2) is 9.55. The van der Waals surface area contributed by atoms with Gasteiger partial charge in [-0.15, -0.1) is 0 Å². The van der Waals surface area contributed by atoms with Crippen LogP contribution in [0.2, 0.25) is 5.02 Å². The summed E-state index contributed by atoms with van der Waals surface area (Å²) in [5.74, 6) is 4.24. The smallest absolute Gasteiger partial charge is 0.265 e. The Morgan fingerprint density at radius 1 is 1.24 bits per heavy atom. The molecule has 4 atom stereocenters. The first kappa shape index (κ1) is 23.7. The molecule has 0 saturated heterocycles. The van der Waals surface area contributed by atoms with Gasteiger partial charge in [-0.2, -0.15) is 0 Å². The minimum Gasteiger partial charge on any atom is -0.482 e. The molecule has 0 amide bonds. The zero-order valence-corrected chi connectivity index (χ0v) is 20.9. The molecule has 7 nitrogen and oxygen atoms in total. The van der Waals surface area contributed by atoms with Crippen LogP contribution in [-0.4, -0.2) is 44.3 Å². The van der Waals surface area contributed by atoms with Crippen LogP contribution >= 0.6 is 11.6 Å². The fraction of sp³-hybridized carbons (Fsp3) is 0.560. The van der Waals surface area contributed by atoms with Gasteiger partial charge in [0.1, 0.15) is 11.9 Å². The van der Waals surface area contributed by atoms with Crippen LogP contribution in [0.25, 0.3) is 0 Å². The summed E-state index contributed by atoms with van der Waals surface area (Å²) in [6.07, 6.45) is 6.14. The molecule has 9 heteroatoms. The zero-order valence-electron chi connectivity index (χ0n) is 19.4. The average molecular weight is 506 g/mol. The molecule has 0 spiro atoms. The van der Waals surface area contributed by atoms with E-state index in [2.05, 4.69) is 17.2 Å². The number of aliphatic hydroxyl groups is 1. The van der Waals surface area contributed by atoms with Crippen LogP contribution in [0.15, 0.2) is 41.3 Å². The number of ether oxygens (including phenoxy) is 1. The van der Waals surface area contributed by atoms with Crippen molar-refractivity contribution in [1.29, 1.82) is 0 Å². The lowest BCUT2D eigenvalue weighted by atomic mass is 9.90. The lowest BCUT2D eigenvalue weighted by Gasteiger charge is -2.34. The molecule has 2 aromatic rings. The van der Waals surface area contributed by atoms with E-state index >= 15 is 0 Å². The molecule has 0 bridgehead atoms. The Labute approximate surface area is 206 Å². The predicted octanol–water partition coefficient (Wildman–Crippen LogP) is 4.56. The van der Waals surface area contributed by atoms with Crippen molar-refractivity contribution < 1.29 is 18.3 Å². The van der Waals surface area contributed by atoms with Crippen LogP contribution in [0.5, 0.6) is 5.75 Å². The van der Waals surface area contributed by atoms with Gasteiger partial charge < -0.3 is 15.2 Å². The molecule has 0 radical (unpaired) electrons. The number of hydrogen-bond acceptors (Lipinski definition) is 6. The van der Waals surface area contributed by atoms with E-state index in [0.29, 0.717) is 22.5 Å². The maximum atomic E-state index is 13.5. The highest BCUT2D eigenvalue weighted by atomic mass is 35.5. The number of pyridine rings is 1. The van der Waals surface area contributed by atoms with Crippen LogP contribution in [0.4, 0.5) is 11.6 Å². The van der Waals surface area contributed by atoms with Crippen molar-refractivity contribution in [1.82, 2.24) is 4.98 Å². The van der Waals surface area contributed by atoms with Crippen LogP contribution in [0.1, 0.15) is 39.0 Å². The van der Waals surface area contributed by atoms with Gasteiger partial charge in [-0.3, -0.25) is 0 Å². The van der Waals surface area contributed by atoms with E-state index in [-0.39, 0.29) is 23.9 Å². The molecule has 4 unspecified atom stereocenters. The summed E-state index contributed by atoms with van der Waals surface area (Å²) < 4.78 is 34.0. The fourth-order valence-electron chi connectivity index (χ4n) is 5.86. The number of anilines is 2. The van der Waals surface area contributed by atoms with Crippen LogP contribution in [-0.2, 0) is 10.0 Å². The van der Waals surface area contributed by atoms with Crippen molar-refractivity contribution in [2.24, 2.45) is 23.7 Å². The van der Waals surface area contributed by atoms with E-state index in [1.807, 2.05) is 0 Å². The molecule has 184 valence electrons. The number of hydrogen-bond donors (Lipinski definition) is 2. The maximum Gasteiger partial charge on any atom is 0.265 e. The standard InChI is InChI=1S/C25H32ClN3O4S/c1-16(19-10-17-4-2-5-18(17)11-19)13-27-24-9-8-23-25(28-24)29(14-21(15-30)33-23)34(31,32)22-7-3-6-20(26)12-22/h3,6-9,12,16-19,21,30H,2,4-5,10-11,13-15H2,1H3,(H,27,28). The molecule has 2 N–H and O–H groups in total. The van der Waals surface area contributed by atoms with Crippen LogP contribution in [0, 0.1) is 23.7 Å². The monoisotopic (exact) mass is 505 g/mol. The molecule has 2 heterocycles. The molecule has 34 heavy (non-hydrogen) atoms. The number of nitrogens with zero attached hydrogens (tertiary/aromatic N) is 2. The summed E-state index contributed by atoms with van der Waals surface area (Å²) in [6.45, 7) is 2.75. The third kappa shape index (κ3) is 4.60. The number of rotatable bonds is 7. The Bertz CT molecular complexity index is 1130. The van der Waals surface area contributed by atoms with Gasteiger partial charge in [0.15, 0.2) is 11.6 Å². The van der Waals surface area contributed by atoms with E-state index in [9.17, 15) is 13.5 Å². The molecule has 1 aromatic carbocycles. The molecule has 1 aliphatic heterocycles. The number of nitrogens with one attached hydrogen (secondary N) is 1. The first-order chi connectivity index (χ1) is 16.3. The van der Waals surface area contributed by atoms with Gasteiger partial charge in [-0.05, 0) is 66.8 Å². The van der Waals surface area contributed by atoms with Gasteiger partial charge in [-0.25, -0.2) is 17.7 Å². The third-order valence-corrected chi connectivity index (χ3v) is 9.75. The average Bonchev–Trinajstić information content (AvgIpc) is 3.44. The van der Waals surface area contributed by atoms with E-state index in [0.717, 1.165) is 24.3 Å². The minimum atomic E-state index is -3.94. The molecule has 5 rings (SSSR count). The third-order valence-electron chi connectivity index (χ3n) is 7.76. The largest absolute Gasteiger partial charge is 0.482 e. The summed E-state index contributed by atoms with van der Waals surface area (Å²) in [7, 11) is -3.94. The molecule has 2 fully saturated rings. The SMILES string of the molecule is CC(CNc1ccc2c(n1)N(S(=O)(=O)c1cccc(Cl)c1)CC(CO)O2)C1CC2CCCC2C1. The molecular formula is C25H32ClN3O4S. The highest BCUT2D eigenvalue weighted by molar-refractivity contribution is 7.92. The number of aliphatic hydroxyl groups excluding tert-OH is 1. The van der Waals surface area contributed by atoms with Crippen LogP contribution < -0.4 is 14.4 Å². The van der Waals surface area contributed by atoms with Gasteiger partial charge in [0, 0.05) is 11.6 Å². The quantitative estimate of drug-likeness (QED) is 0.573. The predicted molar refractivity (Wildman–Crippen MR) is 133 cm³/mol. The number of halogens is 1. The Kier molecular flexibility index (Phi) is 6.66. The normalized spacial score (nSPS) is 27.1. The number of fused-ring (bicyclic) bond motifs is 2. The van der Waals surface area contributed by atoms with E-state index in [1.165, 1.54) is 48.5 Å². The Balaban J connectivity index is 1.35. The van der Waals surface area contributed by atoms with E-state index in [4.69, 9.17) is 16.3 Å². The van der Waals surface area contributed by atoms with Crippen molar-refractivity contribution in [3.05, 3.63) is 41.4 Å². The molecule has 3 aliphatic rings. The maximum absolute atomic E-state index is 13.5. The lowest BCUT2D eigenvalue weighted by molar-refractivity contribution is 0.115. The molecule has 2 saturated carbocycles. The lowest BCUT2D eigenvalue weighted by Crippen LogP contribution is -2.45. The Hall–Kier alpha value is -2.03. The van der Waals surface area contributed by atoms with E-state index < -0.39 is 16.1 Å². The minimum absolute atomic E-state index is 0.0317. The molecular weight excluding hydrogens is 474 g/mol. The summed E-state index contributed by atoms with van der Waals surface area (Å²) >= 11 is 6.05. The van der Waals surface area contributed by atoms with Crippen molar-refractivity contribution in [3.63, 3.8) is 0 Å². The first-order valence-electron chi connectivity index (χ1n) is 12.2. The summed E-state index contributed by atoms with van der Waals surface area (Å²) in [5.41, 5.74) is 0. The first-order valence-corrected chi connectivity index (χ1v) is 14.0. The van der Waals surface area contributed by atoms with Gasteiger partial charge in [0.2, 0.25) is 0 Å². The Morgan fingerprint density at radius 2 is 2.00 bits per heavy atom. The van der Waals surface area contributed by atoms with Crippen molar-refractivity contribution in [3.8, 4) is 5.75 Å². The topological polar surface area (TPSA) is 91.8 Å². The second-order valence-corrected chi connectivity index (χ2v) is 12.3. The van der Waals surface area contributed by atoms with Crippen molar-refractivity contribution in [2.45, 2.75) is 50.0 Å².